The van der Waals surface area contributed by atoms with E-state index in [0.717, 1.165) is 19.4 Å². The molecule has 18 heavy (non-hydrogen) atoms. The summed E-state index contributed by atoms with van der Waals surface area (Å²) in [5, 5.41) is 3.27. The minimum absolute atomic E-state index is 0.203. The second kappa shape index (κ2) is 5.09. The molecule has 2 rings (SSSR count). The van der Waals surface area contributed by atoms with Crippen molar-refractivity contribution in [3.8, 4) is 0 Å². The van der Waals surface area contributed by atoms with Crippen LogP contribution in [0.3, 0.4) is 0 Å². The maximum absolute atomic E-state index is 12.6. The van der Waals surface area contributed by atoms with Crippen molar-refractivity contribution in [2.75, 3.05) is 13.2 Å². The summed E-state index contributed by atoms with van der Waals surface area (Å²) in [5.41, 5.74) is -0.645. The van der Waals surface area contributed by atoms with Crippen LogP contribution in [0.1, 0.15) is 24.2 Å². The Morgan fingerprint density at radius 2 is 2.22 bits per heavy atom. The minimum Gasteiger partial charge on any atom is -0.381 e. The summed E-state index contributed by atoms with van der Waals surface area (Å²) in [6, 6.07) is 0. The second-order valence-corrected chi connectivity index (χ2v) is 4.89. The van der Waals surface area contributed by atoms with Crippen molar-refractivity contribution in [3.63, 3.8) is 0 Å². The SMILES string of the molecule is Cc1c(Cl)c(C(F)(F)F)nn1CC1CCCOC1. The maximum Gasteiger partial charge on any atom is 0.436 e. The quantitative estimate of drug-likeness (QED) is 0.832. The van der Waals surface area contributed by atoms with Gasteiger partial charge in [-0.05, 0) is 19.8 Å². The average Bonchev–Trinajstić information content (AvgIpc) is 2.58. The highest BCUT2D eigenvalue weighted by molar-refractivity contribution is 6.31. The summed E-state index contributed by atoms with van der Waals surface area (Å²) >= 11 is 5.68. The molecule has 0 saturated carbocycles. The third kappa shape index (κ3) is 2.80. The molecule has 1 atom stereocenters. The van der Waals surface area contributed by atoms with E-state index in [1.807, 2.05) is 0 Å². The lowest BCUT2D eigenvalue weighted by Gasteiger charge is -2.22. The van der Waals surface area contributed by atoms with Crippen molar-refractivity contribution < 1.29 is 17.9 Å². The number of alkyl halides is 3. The topological polar surface area (TPSA) is 27.1 Å². The molecule has 7 heteroatoms. The molecule has 0 N–H and O–H groups in total. The van der Waals surface area contributed by atoms with Gasteiger partial charge in [0.1, 0.15) is 0 Å². The van der Waals surface area contributed by atoms with Crippen LogP contribution in [0.25, 0.3) is 0 Å². The molecular weight excluding hydrogens is 269 g/mol. The van der Waals surface area contributed by atoms with E-state index in [4.69, 9.17) is 16.3 Å². The van der Waals surface area contributed by atoms with Crippen LogP contribution >= 0.6 is 11.6 Å². The van der Waals surface area contributed by atoms with Gasteiger partial charge >= 0.3 is 6.18 Å². The normalized spacial score (nSPS) is 21.3. The molecule has 0 spiro atoms. The highest BCUT2D eigenvalue weighted by Crippen LogP contribution is 2.35. The van der Waals surface area contributed by atoms with E-state index >= 15 is 0 Å². The number of halogens is 4. The van der Waals surface area contributed by atoms with Crippen molar-refractivity contribution in [2.45, 2.75) is 32.5 Å². The predicted molar refractivity (Wildman–Crippen MR) is 60.5 cm³/mol. The summed E-state index contributed by atoms with van der Waals surface area (Å²) in [6.45, 7) is 3.26. The lowest BCUT2D eigenvalue weighted by Crippen LogP contribution is -2.23. The number of hydrogen-bond donors (Lipinski definition) is 0. The van der Waals surface area contributed by atoms with Gasteiger partial charge in [-0.25, -0.2) is 0 Å². The van der Waals surface area contributed by atoms with E-state index in [1.165, 1.54) is 4.68 Å². The molecule has 0 bridgehead atoms. The molecular formula is C11H14ClF3N2O. The van der Waals surface area contributed by atoms with Crippen LogP contribution in [0.4, 0.5) is 13.2 Å². The molecule has 1 aliphatic heterocycles. The predicted octanol–water partition coefficient (Wildman–Crippen LogP) is 3.29. The van der Waals surface area contributed by atoms with Gasteiger partial charge < -0.3 is 4.74 Å². The van der Waals surface area contributed by atoms with E-state index in [1.54, 1.807) is 6.92 Å². The lowest BCUT2D eigenvalue weighted by atomic mass is 10.0. The Morgan fingerprint density at radius 3 is 2.72 bits per heavy atom. The van der Waals surface area contributed by atoms with E-state index in [0.29, 0.717) is 18.8 Å². The first-order valence-electron chi connectivity index (χ1n) is 5.77. The Balaban J connectivity index is 2.18. The van der Waals surface area contributed by atoms with Gasteiger partial charge in [-0.3, -0.25) is 4.68 Å². The number of nitrogens with zero attached hydrogens (tertiary/aromatic N) is 2. The Labute approximate surface area is 108 Å². The van der Waals surface area contributed by atoms with Crippen molar-refractivity contribution in [3.05, 3.63) is 16.4 Å². The Morgan fingerprint density at radius 1 is 1.50 bits per heavy atom. The molecule has 0 radical (unpaired) electrons. The van der Waals surface area contributed by atoms with Gasteiger partial charge in [-0.2, -0.15) is 18.3 Å². The lowest BCUT2D eigenvalue weighted by molar-refractivity contribution is -0.141. The van der Waals surface area contributed by atoms with E-state index in [2.05, 4.69) is 5.10 Å². The highest BCUT2D eigenvalue weighted by atomic mass is 35.5. The number of rotatable bonds is 2. The molecule has 1 unspecified atom stereocenters. The maximum atomic E-state index is 12.6. The van der Waals surface area contributed by atoms with Crippen molar-refractivity contribution in [2.24, 2.45) is 5.92 Å². The van der Waals surface area contributed by atoms with Crippen molar-refractivity contribution >= 4 is 11.6 Å². The summed E-state index contributed by atoms with van der Waals surface area (Å²) in [4.78, 5) is 0. The fourth-order valence-corrected chi connectivity index (χ4v) is 2.32. The van der Waals surface area contributed by atoms with Gasteiger partial charge in [-0.15, -0.1) is 0 Å². The summed E-state index contributed by atoms with van der Waals surface area (Å²) in [7, 11) is 0. The molecule has 1 aromatic rings. The van der Waals surface area contributed by atoms with Crippen molar-refractivity contribution in [1.29, 1.82) is 0 Å². The Hall–Kier alpha value is -0.750. The molecule has 1 saturated heterocycles. The summed E-state index contributed by atoms with van der Waals surface area (Å²) in [6.07, 6.45) is -2.63. The molecule has 0 aromatic carbocycles. The average molecular weight is 283 g/mol. The van der Waals surface area contributed by atoms with Gasteiger partial charge in [-0.1, -0.05) is 11.6 Å². The molecule has 0 amide bonds. The molecule has 102 valence electrons. The number of hydrogen-bond acceptors (Lipinski definition) is 2. The van der Waals surface area contributed by atoms with E-state index < -0.39 is 11.9 Å². The van der Waals surface area contributed by atoms with Gasteiger partial charge in [0.2, 0.25) is 0 Å². The number of aromatic nitrogens is 2. The third-order valence-corrected chi connectivity index (χ3v) is 3.54. The van der Waals surface area contributed by atoms with Gasteiger partial charge in [0, 0.05) is 19.1 Å². The second-order valence-electron chi connectivity index (χ2n) is 4.51. The zero-order valence-corrected chi connectivity index (χ0v) is 10.7. The largest absolute Gasteiger partial charge is 0.436 e. The highest BCUT2D eigenvalue weighted by Gasteiger charge is 2.38. The van der Waals surface area contributed by atoms with Crippen LogP contribution in [0.2, 0.25) is 5.02 Å². The van der Waals surface area contributed by atoms with Crippen LogP contribution in [0.15, 0.2) is 0 Å². The first kappa shape index (κ1) is 13.7. The zero-order chi connectivity index (χ0) is 13.3. The van der Waals surface area contributed by atoms with Crippen molar-refractivity contribution in [1.82, 2.24) is 9.78 Å². The zero-order valence-electron chi connectivity index (χ0n) is 9.93. The minimum atomic E-state index is -4.50. The summed E-state index contributed by atoms with van der Waals surface area (Å²) in [5.74, 6) is 0.203. The Kier molecular flexibility index (Phi) is 3.87. The van der Waals surface area contributed by atoms with Gasteiger partial charge in [0.25, 0.3) is 0 Å². The van der Waals surface area contributed by atoms with Crippen LogP contribution in [-0.4, -0.2) is 23.0 Å². The molecule has 2 heterocycles. The third-order valence-electron chi connectivity index (χ3n) is 3.09. The Bertz CT molecular complexity index is 425. The smallest absolute Gasteiger partial charge is 0.381 e. The molecule has 1 aromatic heterocycles. The fourth-order valence-electron chi connectivity index (χ4n) is 2.08. The fraction of sp³-hybridized carbons (Fsp3) is 0.727. The monoisotopic (exact) mass is 282 g/mol. The standard InChI is InChI=1S/C11H14ClF3N2O/c1-7-9(12)10(11(13,14)15)16-17(7)5-8-3-2-4-18-6-8/h8H,2-6H2,1H3. The first-order chi connectivity index (χ1) is 8.39. The molecule has 0 aliphatic carbocycles. The van der Waals surface area contributed by atoms with E-state index in [-0.39, 0.29) is 10.9 Å². The first-order valence-corrected chi connectivity index (χ1v) is 6.15. The molecule has 1 fully saturated rings. The summed E-state index contributed by atoms with van der Waals surface area (Å²) < 4.78 is 44.5. The van der Waals surface area contributed by atoms with E-state index in [9.17, 15) is 13.2 Å². The van der Waals surface area contributed by atoms with Crippen LogP contribution in [0.5, 0.6) is 0 Å². The van der Waals surface area contributed by atoms with Crippen LogP contribution in [-0.2, 0) is 17.5 Å². The van der Waals surface area contributed by atoms with Crippen LogP contribution < -0.4 is 0 Å². The van der Waals surface area contributed by atoms with Crippen LogP contribution in [0, 0.1) is 12.8 Å². The van der Waals surface area contributed by atoms with Gasteiger partial charge in [0.15, 0.2) is 5.69 Å². The van der Waals surface area contributed by atoms with Gasteiger partial charge in [0.05, 0.1) is 17.3 Å². The molecule has 1 aliphatic rings. The number of ether oxygens (including phenoxy) is 1. The molecule has 3 nitrogen and oxygen atoms in total.